The first-order chi connectivity index (χ1) is 10.1. The lowest BCUT2D eigenvalue weighted by atomic mass is 10.1. The van der Waals surface area contributed by atoms with Crippen LogP contribution in [-0.2, 0) is 4.79 Å². The monoisotopic (exact) mass is 346 g/mol. The summed E-state index contributed by atoms with van der Waals surface area (Å²) in [5.41, 5.74) is 6.50. The maximum atomic E-state index is 12.6. The van der Waals surface area contributed by atoms with Gasteiger partial charge in [0, 0.05) is 28.7 Å². The van der Waals surface area contributed by atoms with E-state index in [1.54, 1.807) is 17.0 Å². The third-order valence-electron chi connectivity index (χ3n) is 2.99. The van der Waals surface area contributed by atoms with Crippen LogP contribution in [0.5, 0.6) is 0 Å². The molecule has 0 bridgehead atoms. The molecule has 0 aliphatic carbocycles. The number of hydrogen-bond donors (Lipinski definition) is 1. The summed E-state index contributed by atoms with van der Waals surface area (Å²) < 4.78 is 0.905. The number of hydrogen-bond acceptors (Lipinski definition) is 2. The molecule has 2 aromatic carbocycles. The van der Waals surface area contributed by atoms with E-state index in [4.69, 9.17) is 5.73 Å². The molecule has 5 heteroatoms. The molecule has 108 valence electrons. The molecule has 2 rings (SSSR count). The second-order valence-electron chi connectivity index (χ2n) is 4.52. The highest BCUT2D eigenvalue weighted by Crippen LogP contribution is 2.18. The van der Waals surface area contributed by atoms with E-state index in [1.165, 1.54) is 0 Å². The van der Waals surface area contributed by atoms with Crippen LogP contribution < -0.4 is 10.6 Å². The minimum absolute atomic E-state index is 0.122. The van der Waals surface area contributed by atoms with Gasteiger partial charge in [-0.15, -0.1) is 0 Å². The van der Waals surface area contributed by atoms with Crippen LogP contribution in [0, 0.1) is 0 Å². The number of primary amides is 1. The quantitative estimate of drug-likeness (QED) is 0.904. The highest BCUT2D eigenvalue weighted by atomic mass is 79.9. The molecule has 0 spiro atoms. The van der Waals surface area contributed by atoms with Crippen molar-refractivity contribution in [1.29, 1.82) is 0 Å². The zero-order chi connectivity index (χ0) is 15.2. The van der Waals surface area contributed by atoms with E-state index in [0.29, 0.717) is 5.56 Å². The van der Waals surface area contributed by atoms with Gasteiger partial charge in [-0.25, -0.2) is 0 Å². The average molecular weight is 347 g/mol. The van der Waals surface area contributed by atoms with Gasteiger partial charge >= 0.3 is 0 Å². The maximum Gasteiger partial charge on any atom is 0.258 e. The third-order valence-corrected chi connectivity index (χ3v) is 3.51. The molecule has 0 fully saturated rings. The van der Waals surface area contributed by atoms with Crippen molar-refractivity contribution in [3.63, 3.8) is 0 Å². The predicted octanol–water partition coefficient (Wildman–Crippen LogP) is 2.97. The van der Waals surface area contributed by atoms with Crippen LogP contribution in [0.25, 0.3) is 0 Å². The van der Waals surface area contributed by atoms with Gasteiger partial charge in [-0.3, -0.25) is 9.59 Å². The van der Waals surface area contributed by atoms with E-state index in [1.807, 2.05) is 42.5 Å². The fourth-order valence-corrected chi connectivity index (χ4v) is 2.19. The Hall–Kier alpha value is -2.14. The van der Waals surface area contributed by atoms with Gasteiger partial charge < -0.3 is 10.6 Å². The molecular weight excluding hydrogens is 332 g/mol. The van der Waals surface area contributed by atoms with E-state index in [-0.39, 0.29) is 18.9 Å². The molecule has 0 saturated carbocycles. The summed E-state index contributed by atoms with van der Waals surface area (Å²) in [6.45, 7) is 0.258. The van der Waals surface area contributed by atoms with Crippen molar-refractivity contribution >= 4 is 33.4 Å². The average Bonchev–Trinajstić information content (AvgIpc) is 2.49. The Morgan fingerprint density at radius 1 is 1.00 bits per heavy atom. The molecular formula is C16H15BrN2O2. The number of halogens is 1. The fraction of sp³-hybridized carbons (Fsp3) is 0.125. The van der Waals surface area contributed by atoms with E-state index < -0.39 is 5.91 Å². The van der Waals surface area contributed by atoms with Crippen molar-refractivity contribution in [3.8, 4) is 0 Å². The lowest BCUT2D eigenvalue weighted by Gasteiger charge is -2.22. The smallest absolute Gasteiger partial charge is 0.258 e. The van der Waals surface area contributed by atoms with Crippen LogP contribution in [0.4, 0.5) is 5.69 Å². The lowest BCUT2D eigenvalue weighted by Crippen LogP contribution is -2.34. The topological polar surface area (TPSA) is 63.4 Å². The summed E-state index contributed by atoms with van der Waals surface area (Å²) in [6, 6.07) is 16.3. The van der Waals surface area contributed by atoms with E-state index in [0.717, 1.165) is 10.2 Å². The van der Waals surface area contributed by atoms with Crippen molar-refractivity contribution in [1.82, 2.24) is 0 Å². The van der Waals surface area contributed by atoms with Crippen LogP contribution in [0.2, 0.25) is 0 Å². The van der Waals surface area contributed by atoms with Gasteiger partial charge in [0.25, 0.3) is 5.91 Å². The number of nitrogens with two attached hydrogens (primary N) is 1. The standard InChI is InChI=1S/C16H15BrN2O2/c17-13-8-6-12(7-9-13)16(21)19(11-10-15(18)20)14-4-2-1-3-5-14/h1-9H,10-11H2,(H2,18,20). The second-order valence-corrected chi connectivity index (χ2v) is 5.43. The van der Waals surface area contributed by atoms with Crippen LogP contribution >= 0.6 is 15.9 Å². The molecule has 2 amide bonds. The summed E-state index contributed by atoms with van der Waals surface area (Å²) in [4.78, 5) is 25.2. The van der Waals surface area contributed by atoms with Crippen molar-refractivity contribution in [2.75, 3.05) is 11.4 Å². The molecule has 0 atom stereocenters. The first-order valence-corrected chi connectivity index (χ1v) is 7.28. The third kappa shape index (κ3) is 4.16. The predicted molar refractivity (Wildman–Crippen MR) is 86.1 cm³/mol. The summed E-state index contributed by atoms with van der Waals surface area (Å²) in [5, 5.41) is 0. The Bertz CT molecular complexity index is 626. The number of carbonyl (C=O) groups excluding carboxylic acids is 2. The molecule has 0 unspecified atom stereocenters. The lowest BCUT2D eigenvalue weighted by molar-refractivity contribution is -0.117. The van der Waals surface area contributed by atoms with Gasteiger partial charge in [0.2, 0.25) is 5.91 Å². The molecule has 2 aromatic rings. The van der Waals surface area contributed by atoms with Crippen molar-refractivity contribution in [3.05, 3.63) is 64.6 Å². The zero-order valence-electron chi connectivity index (χ0n) is 11.3. The normalized spacial score (nSPS) is 10.1. The molecule has 0 heterocycles. The Labute approximate surface area is 131 Å². The number of rotatable bonds is 5. The van der Waals surface area contributed by atoms with Gasteiger partial charge in [0.05, 0.1) is 0 Å². The molecule has 0 aliphatic heterocycles. The fourth-order valence-electron chi connectivity index (χ4n) is 1.93. The van der Waals surface area contributed by atoms with E-state index >= 15 is 0 Å². The Kier molecular flexibility index (Phi) is 5.11. The molecule has 0 saturated heterocycles. The molecule has 21 heavy (non-hydrogen) atoms. The van der Waals surface area contributed by atoms with Crippen LogP contribution in [0.3, 0.4) is 0 Å². The summed E-state index contributed by atoms with van der Waals surface area (Å²) in [6.07, 6.45) is 0.122. The Morgan fingerprint density at radius 3 is 2.19 bits per heavy atom. The number of amides is 2. The minimum Gasteiger partial charge on any atom is -0.370 e. The first-order valence-electron chi connectivity index (χ1n) is 6.48. The van der Waals surface area contributed by atoms with Gasteiger partial charge in [0.15, 0.2) is 0 Å². The SMILES string of the molecule is NC(=O)CCN(C(=O)c1ccc(Br)cc1)c1ccccc1. The van der Waals surface area contributed by atoms with Crippen LogP contribution in [-0.4, -0.2) is 18.4 Å². The van der Waals surface area contributed by atoms with E-state index in [9.17, 15) is 9.59 Å². The molecule has 0 radical (unpaired) electrons. The maximum absolute atomic E-state index is 12.6. The number of anilines is 1. The van der Waals surface area contributed by atoms with Crippen LogP contribution in [0.15, 0.2) is 59.1 Å². The Balaban J connectivity index is 2.28. The number of nitrogens with zero attached hydrogens (tertiary/aromatic N) is 1. The van der Waals surface area contributed by atoms with Crippen LogP contribution in [0.1, 0.15) is 16.8 Å². The van der Waals surface area contributed by atoms with Gasteiger partial charge in [-0.05, 0) is 36.4 Å². The molecule has 0 aromatic heterocycles. The zero-order valence-corrected chi connectivity index (χ0v) is 12.9. The molecule has 0 aliphatic rings. The number of benzene rings is 2. The van der Waals surface area contributed by atoms with Crippen molar-refractivity contribution < 1.29 is 9.59 Å². The van der Waals surface area contributed by atoms with E-state index in [2.05, 4.69) is 15.9 Å². The first kappa shape index (κ1) is 15.3. The number of carbonyl (C=O) groups is 2. The minimum atomic E-state index is -0.431. The highest BCUT2D eigenvalue weighted by Gasteiger charge is 2.18. The highest BCUT2D eigenvalue weighted by molar-refractivity contribution is 9.10. The van der Waals surface area contributed by atoms with Crippen molar-refractivity contribution in [2.45, 2.75) is 6.42 Å². The Morgan fingerprint density at radius 2 is 1.62 bits per heavy atom. The van der Waals surface area contributed by atoms with Gasteiger partial charge in [-0.2, -0.15) is 0 Å². The largest absolute Gasteiger partial charge is 0.370 e. The second kappa shape index (κ2) is 7.04. The number of para-hydroxylation sites is 1. The summed E-state index contributed by atoms with van der Waals surface area (Å²) >= 11 is 3.34. The molecule has 4 nitrogen and oxygen atoms in total. The summed E-state index contributed by atoms with van der Waals surface area (Å²) in [7, 11) is 0. The van der Waals surface area contributed by atoms with Crippen molar-refractivity contribution in [2.24, 2.45) is 5.73 Å². The summed E-state index contributed by atoms with van der Waals surface area (Å²) in [5.74, 6) is -0.588. The van der Waals surface area contributed by atoms with Gasteiger partial charge in [0.1, 0.15) is 0 Å². The van der Waals surface area contributed by atoms with Gasteiger partial charge in [-0.1, -0.05) is 34.1 Å². The molecule has 2 N–H and O–H groups in total.